The van der Waals surface area contributed by atoms with E-state index in [1.54, 1.807) is 36.5 Å². The lowest BCUT2D eigenvalue weighted by atomic mass is 9.73. The number of likely N-dealkylation sites (N-methyl/N-ethyl adjacent to an activating group) is 1. The van der Waals surface area contributed by atoms with Crippen molar-refractivity contribution in [3.8, 4) is 0 Å². The minimum atomic E-state index is -3.72. The molecule has 0 bridgehead atoms. The van der Waals surface area contributed by atoms with Crippen LogP contribution < -0.4 is 0 Å². The fourth-order valence-electron chi connectivity index (χ4n) is 5.43. The molecule has 1 aromatic heterocycles. The Morgan fingerprint density at radius 1 is 1.06 bits per heavy atom. The largest absolute Gasteiger partial charge is 0.538 e. The smallest absolute Gasteiger partial charge is 0.231 e. The Bertz CT molecular complexity index is 1220. The summed E-state index contributed by atoms with van der Waals surface area (Å²) in [5.41, 5.74) is -0.471. The van der Waals surface area contributed by atoms with Crippen molar-refractivity contribution in [2.45, 2.75) is 62.1 Å². The molecular formula is C28H37N3O4S. The van der Waals surface area contributed by atoms with Gasteiger partial charge in [-0.25, -0.2) is 13.4 Å². The molecule has 7 nitrogen and oxygen atoms in total. The van der Waals surface area contributed by atoms with Crippen molar-refractivity contribution in [1.82, 2.24) is 4.98 Å². The van der Waals surface area contributed by atoms with Crippen molar-refractivity contribution in [3.63, 3.8) is 0 Å². The summed E-state index contributed by atoms with van der Waals surface area (Å²) in [7, 11) is 0.299. The second-order valence-corrected chi connectivity index (χ2v) is 12.3. The summed E-state index contributed by atoms with van der Waals surface area (Å²) in [6.45, 7) is 2.80. The van der Waals surface area contributed by atoms with Crippen molar-refractivity contribution in [2.75, 3.05) is 20.6 Å². The van der Waals surface area contributed by atoms with E-state index in [-0.39, 0.29) is 10.8 Å². The molecule has 0 amide bonds. The Morgan fingerprint density at radius 2 is 1.67 bits per heavy atom. The third-order valence-corrected chi connectivity index (χ3v) is 8.50. The van der Waals surface area contributed by atoms with Crippen LogP contribution in [0.5, 0.6) is 0 Å². The summed E-state index contributed by atoms with van der Waals surface area (Å²) in [5.74, 6) is 1.03. The van der Waals surface area contributed by atoms with Crippen LogP contribution in [0, 0.1) is 5.92 Å². The van der Waals surface area contributed by atoms with E-state index in [4.69, 9.17) is 4.42 Å². The van der Waals surface area contributed by atoms with Crippen molar-refractivity contribution in [2.24, 2.45) is 5.92 Å². The molecule has 194 valence electrons. The average Bonchev–Trinajstić information content (AvgIpc) is 3.32. The summed E-state index contributed by atoms with van der Waals surface area (Å²) in [6, 6.07) is 17.5. The Morgan fingerprint density at radius 3 is 2.31 bits per heavy atom. The molecule has 1 heterocycles. The van der Waals surface area contributed by atoms with Crippen LogP contribution in [0.25, 0.3) is 4.72 Å². The average molecular weight is 512 g/mol. The van der Waals surface area contributed by atoms with Crippen LogP contribution in [-0.4, -0.2) is 49.7 Å². The monoisotopic (exact) mass is 511 g/mol. The standard InChI is InChI=1S/C28H37N3O4S/c1-22(30-36(33,34)26-17-11-6-12-18-26)20-31(2,3)21-25-19-29-27(35-25)28(32,23-13-7-4-8-14-23)24-15-9-5-10-16-24/h4,6-8,11-14,17-19,22,24,32H,5,9-10,15-16,20-21H2,1-3H3/t22?,28-/m0/s1. The molecule has 1 aliphatic rings. The third kappa shape index (κ3) is 6.06. The number of oxazole rings is 1. The molecule has 8 heteroatoms. The molecule has 2 atom stereocenters. The van der Waals surface area contributed by atoms with E-state index in [0.29, 0.717) is 29.2 Å². The van der Waals surface area contributed by atoms with Crippen LogP contribution in [0.3, 0.4) is 0 Å². The molecule has 4 rings (SSSR count). The number of nitrogens with zero attached hydrogens (tertiary/aromatic N) is 3. The molecule has 1 N–H and O–H groups in total. The van der Waals surface area contributed by atoms with Gasteiger partial charge in [0, 0.05) is 10.8 Å². The van der Waals surface area contributed by atoms with Crippen molar-refractivity contribution in [1.29, 1.82) is 0 Å². The maximum absolute atomic E-state index is 12.7. The van der Waals surface area contributed by atoms with E-state index in [0.717, 1.165) is 31.2 Å². The SMILES string of the molecule is CC(C[N+](C)(C)Cc1cnc([C@](O)(c2ccccc2)C2CCCCC2)o1)[N-]S(=O)(=O)c1ccccc1. The second-order valence-electron chi connectivity index (χ2n) is 10.6. The predicted molar refractivity (Wildman–Crippen MR) is 140 cm³/mol. The minimum absolute atomic E-state index is 0.0460. The van der Waals surface area contributed by atoms with Crippen molar-refractivity contribution in [3.05, 3.63) is 88.8 Å². The summed E-state index contributed by atoms with van der Waals surface area (Å²) >= 11 is 0. The molecule has 1 saturated carbocycles. The number of benzene rings is 2. The molecule has 1 fully saturated rings. The molecule has 0 spiro atoms. The number of hydrogen-bond acceptors (Lipinski definition) is 5. The molecule has 3 aromatic rings. The summed E-state index contributed by atoms with van der Waals surface area (Å²) in [6.07, 6.45) is 6.91. The highest BCUT2D eigenvalue weighted by Gasteiger charge is 2.44. The summed E-state index contributed by atoms with van der Waals surface area (Å²) in [5, 5.41) is 12.0. The lowest BCUT2D eigenvalue weighted by Gasteiger charge is -2.37. The highest BCUT2D eigenvalue weighted by atomic mass is 32.2. The lowest BCUT2D eigenvalue weighted by molar-refractivity contribution is -0.904. The summed E-state index contributed by atoms with van der Waals surface area (Å²) in [4.78, 5) is 4.76. The van der Waals surface area contributed by atoms with Gasteiger partial charge in [-0.2, -0.15) is 0 Å². The molecule has 0 radical (unpaired) electrons. The van der Waals surface area contributed by atoms with E-state index in [1.807, 2.05) is 51.4 Å². The van der Waals surface area contributed by atoms with Gasteiger partial charge in [0.1, 0.15) is 16.6 Å². The van der Waals surface area contributed by atoms with E-state index in [9.17, 15) is 13.5 Å². The number of hydrogen-bond donors (Lipinski definition) is 1. The summed E-state index contributed by atoms with van der Waals surface area (Å²) < 4.78 is 36.1. The van der Waals surface area contributed by atoms with E-state index < -0.39 is 21.7 Å². The Kier molecular flexibility index (Phi) is 7.99. The zero-order valence-electron chi connectivity index (χ0n) is 21.4. The van der Waals surface area contributed by atoms with Gasteiger partial charge in [0.2, 0.25) is 5.89 Å². The number of rotatable bonds is 10. The molecule has 36 heavy (non-hydrogen) atoms. The van der Waals surface area contributed by atoms with Crippen LogP contribution in [0.2, 0.25) is 0 Å². The highest BCUT2D eigenvalue weighted by molar-refractivity contribution is 7.94. The number of sulfonamides is 1. The first kappa shape index (κ1) is 26.5. The fourth-order valence-corrected chi connectivity index (χ4v) is 6.59. The Balaban J connectivity index is 1.49. The Hall–Kier alpha value is -2.52. The fraction of sp³-hybridized carbons (Fsp3) is 0.464. The minimum Gasteiger partial charge on any atom is -0.538 e. The predicted octanol–water partition coefficient (Wildman–Crippen LogP) is 5.22. The van der Waals surface area contributed by atoms with Gasteiger partial charge >= 0.3 is 0 Å². The first-order chi connectivity index (χ1) is 17.1. The first-order valence-corrected chi connectivity index (χ1v) is 14.1. The lowest BCUT2D eigenvalue weighted by Crippen LogP contribution is -2.43. The first-order valence-electron chi connectivity index (χ1n) is 12.7. The van der Waals surface area contributed by atoms with Crippen LogP contribution in [-0.2, 0) is 22.2 Å². The number of aliphatic hydroxyl groups is 1. The van der Waals surface area contributed by atoms with Gasteiger partial charge in [0.05, 0.1) is 26.8 Å². The van der Waals surface area contributed by atoms with Crippen molar-refractivity contribution < 1.29 is 22.4 Å². The van der Waals surface area contributed by atoms with Gasteiger partial charge in [-0.05, 0) is 30.5 Å². The third-order valence-electron chi connectivity index (χ3n) is 6.99. The zero-order valence-corrected chi connectivity index (χ0v) is 22.2. The van der Waals surface area contributed by atoms with Gasteiger partial charge in [0.15, 0.2) is 11.4 Å². The number of aromatic nitrogens is 1. The maximum atomic E-state index is 12.7. The van der Waals surface area contributed by atoms with Crippen LogP contribution >= 0.6 is 0 Å². The van der Waals surface area contributed by atoms with Crippen LogP contribution in [0.15, 0.2) is 76.2 Å². The molecule has 1 unspecified atom stereocenters. The van der Waals surface area contributed by atoms with Gasteiger partial charge in [-0.15, -0.1) is 0 Å². The normalized spacial score (nSPS) is 18.0. The molecule has 1 aliphatic carbocycles. The Labute approximate surface area is 214 Å². The topological polar surface area (TPSA) is 94.5 Å². The van der Waals surface area contributed by atoms with Gasteiger partial charge < -0.3 is 18.7 Å². The molecule has 0 saturated heterocycles. The molecular weight excluding hydrogens is 474 g/mol. The van der Waals surface area contributed by atoms with E-state index in [2.05, 4.69) is 9.71 Å². The van der Waals surface area contributed by atoms with E-state index in [1.165, 1.54) is 6.42 Å². The number of quaternary nitrogens is 1. The maximum Gasteiger partial charge on any atom is 0.231 e. The van der Waals surface area contributed by atoms with Gasteiger partial charge in [-0.3, -0.25) is 0 Å². The second kappa shape index (κ2) is 10.8. The van der Waals surface area contributed by atoms with Crippen LogP contribution in [0.1, 0.15) is 56.2 Å². The van der Waals surface area contributed by atoms with Gasteiger partial charge in [0.25, 0.3) is 0 Å². The van der Waals surface area contributed by atoms with E-state index >= 15 is 0 Å². The van der Waals surface area contributed by atoms with Gasteiger partial charge in [-0.1, -0.05) is 80.8 Å². The quantitative estimate of drug-likeness (QED) is 0.377. The zero-order chi connectivity index (χ0) is 25.8. The molecule has 0 aliphatic heterocycles. The highest BCUT2D eigenvalue weighted by Crippen LogP contribution is 2.43. The van der Waals surface area contributed by atoms with Crippen LogP contribution in [0.4, 0.5) is 0 Å². The molecule has 2 aromatic carbocycles. The van der Waals surface area contributed by atoms with Crippen molar-refractivity contribution >= 4 is 10.0 Å².